The Kier molecular flexibility index (Phi) is 5.93. The first-order valence-corrected chi connectivity index (χ1v) is 8.42. The number of carbonyl (C=O) groups is 1. The zero-order valence-corrected chi connectivity index (χ0v) is 14.6. The molecule has 0 saturated carbocycles. The summed E-state index contributed by atoms with van der Waals surface area (Å²) >= 11 is 1.47. The van der Waals surface area contributed by atoms with E-state index in [9.17, 15) is 4.79 Å². The molecule has 1 amide bonds. The third-order valence-electron chi connectivity index (χ3n) is 3.09. The van der Waals surface area contributed by atoms with Crippen molar-refractivity contribution in [1.82, 2.24) is 4.98 Å². The van der Waals surface area contributed by atoms with Gasteiger partial charge in [-0.25, -0.2) is 4.98 Å². The fourth-order valence-corrected chi connectivity index (χ4v) is 3.28. The average molecular weight is 330 g/mol. The van der Waals surface area contributed by atoms with Gasteiger partial charge in [0.25, 0.3) is 5.91 Å². The zero-order valence-electron chi connectivity index (χ0n) is 13.8. The fraction of sp³-hybridized carbons (Fsp3) is 0.333. The van der Waals surface area contributed by atoms with Gasteiger partial charge in [-0.2, -0.15) is 0 Å². The number of aryl methyl sites for hydroxylation is 1. The molecule has 5 heteroatoms. The second-order valence-electron chi connectivity index (χ2n) is 5.70. The van der Waals surface area contributed by atoms with Crippen LogP contribution in [0.4, 0.5) is 5.69 Å². The van der Waals surface area contributed by atoms with Crippen LogP contribution in [0.25, 0.3) is 0 Å². The number of amides is 1. The van der Waals surface area contributed by atoms with Crippen molar-refractivity contribution < 1.29 is 9.53 Å². The summed E-state index contributed by atoms with van der Waals surface area (Å²) in [6, 6.07) is 7.33. The van der Waals surface area contributed by atoms with Crippen LogP contribution in [0.3, 0.4) is 0 Å². The number of carbonyl (C=O) groups excluding carboxylic acids is 1. The topological polar surface area (TPSA) is 51.2 Å². The summed E-state index contributed by atoms with van der Waals surface area (Å²) < 4.78 is 5.48. The minimum Gasteiger partial charge on any atom is -0.489 e. The fourth-order valence-electron chi connectivity index (χ4n) is 2.11. The van der Waals surface area contributed by atoms with E-state index in [1.165, 1.54) is 11.3 Å². The number of nitrogens with zero attached hydrogens (tertiary/aromatic N) is 1. The van der Waals surface area contributed by atoms with Crippen LogP contribution >= 0.6 is 11.3 Å². The third kappa shape index (κ3) is 4.93. The summed E-state index contributed by atoms with van der Waals surface area (Å²) in [5.74, 6) is 1.09. The lowest BCUT2D eigenvalue weighted by atomic mass is 10.1. The van der Waals surface area contributed by atoms with Gasteiger partial charge in [0.1, 0.15) is 17.2 Å². The quantitative estimate of drug-likeness (QED) is 0.762. The molecule has 0 atom stereocenters. The zero-order chi connectivity index (χ0) is 16.8. The maximum Gasteiger partial charge on any atom is 0.267 e. The van der Waals surface area contributed by atoms with Crippen LogP contribution < -0.4 is 10.1 Å². The molecule has 1 heterocycles. The first-order valence-electron chi connectivity index (χ1n) is 7.61. The van der Waals surface area contributed by atoms with Gasteiger partial charge in [0, 0.05) is 18.2 Å². The summed E-state index contributed by atoms with van der Waals surface area (Å²) in [6.07, 6.45) is 2.58. The second kappa shape index (κ2) is 7.92. The average Bonchev–Trinajstić information content (AvgIpc) is 2.85. The van der Waals surface area contributed by atoms with E-state index in [0.717, 1.165) is 17.1 Å². The molecule has 1 N–H and O–H groups in total. The summed E-state index contributed by atoms with van der Waals surface area (Å²) in [7, 11) is 0. The van der Waals surface area contributed by atoms with E-state index in [2.05, 4.69) is 30.7 Å². The molecule has 1 aromatic heterocycles. The Bertz CT molecular complexity index is 692. The summed E-state index contributed by atoms with van der Waals surface area (Å²) in [5, 5.41) is 3.91. The Morgan fingerprint density at radius 3 is 2.96 bits per heavy atom. The highest BCUT2D eigenvalue weighted by Gasteiger charge is 2.16. The smallest absolute Gasteiger partial charge is 0.267 e. The highest BCUT2D eigenvalue weighted by molar-refractivity contribution is 7.13. The van der Waals surface area contributed by atoms with Crippen LogP contribution in [0.5, 0.6) is 5.75 Å². The number of rotatable bonds is 7. The Morgan fingerprint density at radius 1 is 1.48 bits per heavy atom. The molecular weight excluding hydrogens is 308 g/mol. The molecule has 0 fully saturated rings. The van der Waals surface area contributed by atoms with Crippen molar-refractivity contribution in [3.05, 3.63) is 52.5 Å². The number of hydrogen-bond acceptors (Lipinski definition) is 4. The maximum atomic E-state index is 12.5. The van der Waals surface area contributed by atoms with Gasteiger partial charge in [0.2, 0.25) is 0 Å². The lowest BCUT2D eigenvalue weighted by Gasteiger charge is -2.07. The molecule has 0 spiro atoms. The number of aromatic nitrogens is 1. The molecule has 4 nitrogen and oxygen atoms in total. The normalized spacial score (nSPS) is 10.6. The summed E-state index contributed by atoms with van der Waals surface area (Å²) in [4.78, 5) is 17.6. The minimum absolute atomic E-state index is 0.129. The first kappa shape index (κ1) is 17.2. The Balaban J connectivity index is 2.09. The van der Waals surface area contributed by atoms with Gasteiger partial charge in [-0.15, -0.1) is 11.3 Å². The highest BCUT2D eigenvalue weighted by atomic mass is 32.1. The molecule has 122 valence electrons. The van der Waals surface area contributed by atoms with Gasteiger partial charge >= 0.3 is 0 Å². The van der Waals surface area contributed by atoms with Crippen molar-refractivity contribution in [2.75, 3.05) is 11.9 Å². The van der Waals surface area contributed by atoms with E-state index in [1.807, 2.05) is 25.1 Å². The van der Waals surface area contributed by atoms with Crippen molar-refractivity contribution in [2.45, 2.75) is 27.2 Å². The number of thiazole rings is 1. The minimum atomic E-state index is -0.129. The molecule has 1 aromatic carbocycles. The van der Waals surface area contributed by atoms with Gasteiger partial charge in [-0.3, -0.25) is 4.79 Å². The number of nitrogens with one attached hydrogen (secondary N) is 1. The van der Waals surface area contributed by atoms with Gasteiger partial charge in [0.15, 0.2) is 0 Å². The van der Waals surface area contributed by atoms with E-state index < -0.39 is 0 Å². The largest absolute Gasteiger partial charge is 0.489 e. The van der Waals surface area contributed by atoms with Gasteiger partial charge in [-0.05, 0) is 25.0 Å². The Morgan fingerprint density at radius 2 is 2.26 bits per heavy atom. The third-order valence-corrected chi connectivity index (χ3v) is 4.27. The number of anilines is 1. The highest BCUT2D eigenvalue weighted by Crippen LogP contribution is 2.23. The van der Waals surface area contributed by atoms with E-state index in [0.29, 0.717) is 28.8 Å². The summed E-state index contributed by atoms with van der Waals surface area (Å²) in [5.41, 5.74) is 1.48. The molecule has 0 saturated heterocycles. The molecule has 2 aromatic rings. The predicted molar refractivity (Wildman–Crippen MR) is 95.5 cm³/mol. The molecule has 23 heavy (non-hydrogen) atoms. The first-order chi connectivity index (χ1) is 11.0. The molecule has 0 bridgehead atoms. The SMILES string of the molecule is C=CCOc1cccc(NC(=O)c2sc(CC(C)C)nc2C)c1. The monoisotopic (exact) mass is 330 g/mol. The molecular formula is C18H22N2O2S. The number of ether oxygens (including phenoxy) is 1. The molecule has 0 unspecified atom stereocenters. The van der Waals surface area contributed by atoms with Crippen molar-refractivity contribution in [3.63, 3.8) is 0 Å². The standard InChI is InChI=1S/C18H22N2O2S/c1-5-9-22-15-8-6-7-14(11-15)20-18(21)17-13(4)19-16(23-17)10-12(2)3/h5-8,11-12H,1,9-10H2,2-4H3,(H,20,21). The molecule has 0 aliphatic carbocycles. The van der Waals surface area contributed by atoms with Crippen LogP contribution in [0.2, 0.25) is 0 Å². The van der Waals surface area contributed by atoms with E-state index >= 15 is 0 Å². The maximum absolute atomic E-state index is 12.5. The van der Waals surface area contributed by atoms with Gasteiger partial charge < -0.3 is 10.1 Å². The lowest BCUT2D eigenvalue weighted by molar-refractivity contribution is 0.103. The van der Waals surface area contributed by atoms with Crippen molar-refractivity contribution >= 4 is 22.9 Å². The van der Waals surface area contributed by atoms with Crippen LogP contribution in [0.1, 0.15) is 34.2 Å². The van der Waals surface area contributed by atoms with E-state index in [-0.39, 0.29) is 5.91 Å². The second-order valence-corrected chi connectivity index (χ2v) is 6.79. The predicted octanol–water partition coefficient (Wildman–Crippen LogP) is 4.47. The van der Waals surface area contributed by atoms with Gasteiger partial charge in [-0.1, -0.05) is 32.6 Å². The van der Waals surface area contributed by atoms with Crippen LogP contribution in [-0.4, -0.2) is 17.5 Å². The molecule has 0 aliphatic rings. The Hall–Kier alpha value is -2.14. The molecule has 0 radical (unpaired) electrons. The molecule has 2 rings (SSSR count). The lowest BCUT2D eigenvalue weighted by Crippen LogP contribution is -2.11. The van der Waals surface area contributed by atoms with Gasteiger partial charge in [0.05, 0.1) is 10.7 Å². The van der Waals surface area contributed by atoms with Crippen LogP contribution in [0, 0.1) is 12.8 Å². The number of benzene rings is 1. The number of hydrogen-bond donors (Lipinski definition) is 1. The Labute approximate surface area is 141 Å². The van der Waals surface area contributed by atoms with Crippen molar-refractivity contribution in [3.8, 4) is 5.75 Å². The van der Waals surface area contributed by atoms with Crippen LogP contribution in [0.15, 0.2) is 36.9 Å². The van der Waals surface area contributed by atoms with E-state index in [4.69, 9.17) is 4.74 Å². The van der Waals surface area contributed by atoms with Crippen molar-refractivity contribution in [1.29, 1.82) is 0 Å². The van der Waals surface area contributed by atoms with E-state index in [1.54, 1.807) is 12.1 Å². The van der Waals surface area contributed by atoms with Crippen molar-refractivity contribution in [2.24, 2.45) is 5.92 Å². The molecule has 0 aliphatic heterocycles. The van der Waals surface area contributed by atoms with Crippen LogP contribution in [-0.2, 0) is 6.42 Å². The summed E-state index contributed by atoms with van der Waals surface area (Å²) in [6.45, 7) is 10.2.